The third kappa shape index (κ3) is 6.20. The van der Waals surface area contributed by atoms with Crippen molar-refractivity contribution in [2.45, 2.75) is 58.0 Å². The number of ether oxygens (including phenoxy) is 1. The van der Waals surface area contributed by atoms with Crippen LogP contribution in [0.1, 0.15) is 94.5 Å². The lowest BCUT2D eigenvalue weighted by Crippen LogP contribution is -2.32. The van der Waals surface area contributed by atoms with Crippen molar-refractivity contribution in [2.75, 3.05) is 0 Å². The second kappa shape index (κ2) is 13.2. The predicted molar refractivity (Wildman–Crippen MR) is 185 cm³/mol. The van der Waals surface area contributed by atoms with Gasteiger partial charge < -0.3 is 40.5 Å². The van der Waals surface area contributed by atoms with Gasteiger partial charge in [0.1, 0.15) is 52.1 Å². The summed E-state index contributed by atoms with van der Waals surface area (Å²) in [5.41, 5.74) is 2.68. The van der Waals surface area contributed by atoms with Crippen LogP contribution >= 0.6 is 0 Å². The maximum absolute atomic E-state index is 14.9. The van der Waals surface area contributed by atoms with E-state index in [4.69, 9.17) is 4.74 Å². The zero-order valence-electron chi connectivity index (χ0n) is 27.7. The summed E-state index contributed by atoms with van der Waals surface area (Å²) >= 11 is 0. The van der Waals surface area contributed by atoms with Crippen LogP contribution in [0.5, 0.6) is 46.0 Å². The summed E-state index contributed by atoms with van der Waals surface area (Å²) in [5, 5.41) is 75.3. The third-order valence-electron chi connectivity index (χ3n) is 9.58. The Hall–Kier alpha value is -5.90. The summed E-state index contributed by atoms with van der Waals surface area (Å²) in [5.74, 6) is -5.48. The van der Waals surface area contributed by atoms with E-state index < -0.39 is 35.4 Å². The van der Waals surface area contributed by atoms with Gasteiger partial charge in [0, 0.05) is 46.6 Å². The molecule has 0 aromatic heterocycles. The second-order valence-corrected chi connectivity index (χ2v) is 13.3. The zero-order valence-corrected chi connectivity index (χ0v) is 27.7. The SMILES string of the molecule is CC(C)=CCc1c(O)ccc(C(=O)[C@H]2[C@@H](c3c(O)ccc4c3O[C@H](c3ccc(O)cc3O)CC4=O)C=C(C)C[C@@H]2c2ccc(O)cc2O)c1O. The van der Waals surface area contributed by atoms with Crippen LogP contribution < -0.4 is 4.74 Å². The highest BCUT2D eigenvalue weighted by molar-refractivity contribution is 6.03. The first-order valence-corrected chi connectivity index (χ1v) is 16.2. The Balaban J connectivity index is 1.56. The first-order valence-electron chi connectivity index (χ1n) is 16.2. The number of carbonyl (C=O) groups excluding carboxylic acids is 2. The van der Waals surface area contributed by atoms with Gasteiger partial charge in [-0.2, -0.15) is 0 Å². The summed E-state index contributed by atoms with van der Waals surface area (Å²) in [6.07, 6.45) is 2.91. The lowest BCUT2D eigenvalue weighted by molar-refractivity contribution is 0.0840. The monoisotopic (exact) mass is 678 g/mol. The van der Waals surface area contributed by atoms with E-state index in [0.29, 0.717) is 5.56 Å². The van der Waals surface area contributed by atoms with Gasteiger partial charge in [0.25, 0.3) is 0 Å². The summed E-state index contributed by atoms with van der Waals surface area (Å²) in [6, 6.07) is 13.5. The maximum Gasteiger partial charge on any atom is 0.171 e. The molecule has 7 N–H and O–H groups in total. The Morgan fingerprint density at radius 3 is 2.08 bits per heavy atom. The van der Waals surface area contributed by atoms with Gasteiger partial charge in [-0.15, -0.1) is 0 Å². The molecule has 4 atom stereocenters. The Morgan fingerprint density at radius 1 is 0.800 bits per heavy atom. The zero-order chi connectivity index (χ0) is 36.0. The molecule has 0 bridgehead atoms. The first-order chi connectivity index (χ1) is 23.7. The summed E-state index contributed by atoms with van der Waals surface area (Å²) in [6.45, 7) is 5.57. The smallest absolute Gasteiger partial charge is 0.171 e. The van der Waals surface area contributed by atoms with Crippen molar-refractivity contribution in [2.24, 2.45) is 5.92 Å². The number of carbonyl (C=O) groups is 2. The van der Waals surface area contributed by atoms with E-state index in [9.17, 15) is 45.3 Å². The number of ketones is 2. The van der Waals surface area contributed by atoms with Crippen LogP contribution in [0.2, 0.25) is 0 Å². The van der Waals surface area contributed by atoms with Gasteiger partial charge in [-0.25, -0.2) is 0 Å². The largest absolute Gasteiger partial charge is 0.508 e. The lowest BCUT2D eigenvalue weighted by atomic mass is 9.65. The van der Waals surface area contributed by atoms with E-state index in [1.165, 1.54) is 54.6 Å². The second-order valence-electron chi connectivity index (χ2n) is 13.3. The molecule has 6 rings (SSSR count). The van der Waals surface area contributed by atoms with Crippen LogP contribution in [-0.2, 0) is 6.42 Å². The molecule has 10 nitrogen and oxygen atoms in total. The summed E-state index contributed by atoms with van der Waals surface area (Å²) in [7, 11) is 0. The number of allylic oxidation sites excluding steroid dienone is 4. The summed E-state index contributed by atoms with van der Waals surface area (Å²) < 4.78 is 6.40. The molecular formula is C40H38O10. The van der Waals surface area contributed by atoms with Crippen LogP contribution in [0, 0.1) is 5.92 Å². The van der Waals surface area contributed by atoms with Crippen molar-refractivity contribution in [3.05, 3.63) is 117 Å². The van der Waals surface area contributed by atoms with Crippen LogP contribution in [0.25, 0.3) is 0 Å². The Labute approximate surface area is 288 Å². The molecule has 50 heavy (non-hydrogen) atoms. The molecule has 1 heterocycles. The maximum atomic E-state index is 14.9. The molecule has 2 aliphatic rings. The molecule has 258 valence electrons. The van der Waals surface area contributed by atoms with E-state index in [1.807, 2.05) is 20.8 Å². The van der Waals surface area contributed by atoms with E-state index in [0.717, 1.165) is 17.2 Å². The van der Waals surface area contributed by atoms with Gasteiger partial charge in [-0.3, -0.25) is 9.59 Å². The number of phenols is 7. The molecule has 4 aromatic rings. The molecule has 0 saturated carbocycles. The van der Waals surface area contributed by atoms with Gasteiger partial charge in [-0.05, 0) is 81.6 Å². The number of hydrogen-bond donors (Lipinski definition) is 7. The van der Waals surface area contributed by atoms with Crippen LogP contribution in [0.3, 0.4) is 0 Å². The van der Waals surface area contributed by atoms with Gasteiger partial charge in [0.2, 0.25) is 0 Å². The highest BCUT2D eigenvalue weighted by atomic mass is 16.5. The third-order valence-corrected chi connectivity index (χ3v) is 9.58. The molecule has 4 aromatic carbocycles. The first kappa shape index (κ1) is 34.0. The number of Topliss-reactive ketones (excluding diaryl/α,β-unsaturated/α-hetero) is 2. The average molecular weight is 679 g/mol. The Kier molecular flexibility index (Phi) is 8.96. The van der Waals surface area contributed by atoms with Gasteiger partial charge >= 0.3 is 0 Å². The quantitative estimate of drug-likeness (QED) is 0.0760. The molecular weight excluding hydrogens is 640 g/mol. The number of hydrogen-bond acceptors (Lipinski definition) is 10. The van der Waals surface area contributed by atoms with Crippen molar-refractivity contribution in [3.8, 4) is 46.0 Å². The van der Waals surface area contributed by atoms with E-state index >= 15 is 0 Å². The molecule has 10 heteroatoms. The molecule has 0 amide bonds. The van der Waals surface area contributed by atoms with Crippen LogP contribution in [0.4, 0.5) is 0 Å². The lowest BCUT2D eigenvalue weighted by Gasteiger charge is -2.39. The van der Waals surface area contributed by atoms with Crippen LogP contribution in [0.15, 0.2) is 84.0 Å². The highest BCUT2D eigenvalue weighted by Gasteiger charge is 2.45. The fourth-order valence-corrected chi connectivity index (χ4v) is 7.17. The van der Waals surface area contributed by atoms with E-state index in [-0.39, 0.29) is 93.1 Å². The van der Waals surface area contributed by atoms with Crippen molar-refractivity contribution < 1.29 is 50.1 Å². The number of phenolic OH excluding ortho intramolecular Hbond substituents is 7. The fraction of sp³-hybridized carbons (Fsp3) is 0.250. The molecule has 0 saturated heterocycles. The van der Waals surface area contributed by atoms with Crippen molar-refractivity contribution in [1.82, 2.24) is 0 Å². The number of aromatic hydroxyl groups is 7. The standard InChI is InChI=1S/C40H38O10/c1-19(2)4-7-25-30(43)12-11-27(38(25)48)39(49)36-28(23-8-5-21(41)16-32(23)45)14-20(3)15-29(36)37-31(44)13-10-26-34(47)18-35(50-40(26)37)24-9-6-22(42)17-33(24)46/h4-6,8-13,15-17,28-29,35-36,41-46,48H,7,14,18H2,1-3H3/t28-,29+,35+,36-/m1/s1. The van der Waals surface area contributed by atoms with Gasteiger partial charge in [0.05, 0.1) is 17.5 Å². The topological polar surface area (TPSA) is 185 Å². The summed E-state index contributed by atoms with van der Waals surface area (Å²) in [4.78, 5) is 28.5. The molecule has 0 radical (unpaired) electrons. The molecule has 0 unspecified atom stereocenters. The predicted octanol–water partition coefficient (Wildman–Crippen LogP) is 7.56. The minimum absolute atomic E-state index is 0.0142. The van der Waals surface area contributed by atoms with Gasteiger partial charge in [0.15, 0.2) is 11.6 Å². The van der Waals surface area contributed by atoms with Crippen molar-refractivity contribution in [3.63, 3.8) is 0 Å². The number of benzene rings is 4. The fourth-order valence-electron chi connectivity index (χ4n) is 7.17. The van der Waals surface area contributed by atoms with E-state index in [2.05, 4.69) is 0 Å². The molecule has 0 spiro atoms. The highest BCUT2D eigenvalue weighted by Crippen LogP contribution is 2.55. The Bertz CT molecular complexity index is 2090. The molecule has 1 aliphatic heterocycles. The minimum Gasteiger partial charge on any atom is -0.508 e. The van der Waals surface area contributed by atoms with E-state index in [1.54, 1.807) is 12.2 Å². The van der Waals surface area contributed by atoms with Gasteiger partial charge in [-0.1, -0.05) is 29.4 Å². The van der Waals surface area contributed by atoms with Crippen LogP contribution in [-0.4, -0.2) is 47.3 Å². The normalized spacial score (nSPS) is 20.0. The number of rotatable bonds is 7. The Morgan fingerprint density at radius 2 is 1.44 bits per heavy atom. The molecule has 0 fully saturated rings. The average Bonchev–Trinajstić information content (AvgIpc) is 3.03. The minimum atomic E-state index is -1.11. The molecule has 1 aliphatic carbocycles. The number of fused-ring (bicyclic) bond motifs is 1. The van der Waals surface area contributed by atoms with Crippen molar-refractivity contribution in [1.29, 1.82) is 0 Å². The van der Waals surface area contributed by atoms with Crippen molar-refractivity contribution >= 4 is 11.6 Å².